The molecule has 3 rings (SSSR count). The van der Waals surface area contributed by atoms with Crippen LogP contribution in [-0.4, -0.2) is 31.7 Å². The van der Waals surface area contributed by atoms with Gasteiger partial charge in [0.15, 0.2) is 0 Å². The molecular formula is C17H16BrClN2O3S. The minimum atomic E-state index is -3.60. The van der Waals surface area contributed by atoms with Crippen LogP contribution in [0.15, 0.2) is 51.8 Å². The van der Waals surface area contributed by atoms with Gasteiger partial charge in [-0.05, 0) is 55.3 Å². The first kappa shape index (κ1) is 18.4. The van der Waals surface area contributed by atoms with Crippen molar-refractivity contribution in [1.82, 2.24) is 4.31 Å². The fourth-order valence-corrected chi connectivity index (χ4v) is 4.66. The lowest BCUT2D eigenvalue weighted by Gasteiger charge is -2.16. The highest BCUT2D eigenvalue weighted by molar-refractivity contribution is 9.10. The second-order valence-electron chi connectivity index (χ2n) is 5.71. The van der Waals surface area contributed by atoms with Gasteiger partial charge in [-0.1, -0.05) is 27.5 Å². The van der Waals surface area contributed by atoms with Gasteiger partial charge in [-0.3, -0.25) is 4.79 Å². The first-order valence-corrected chi connectivity index (χ1v) is 10.4. The fourth-order valence-electron chi connectivity index (χ4n) is 2.65. The number of sulfonamides is 1. The number of carbonyl (C=O) groups is 1. The second kappa shape index (κ2) is 7.45. The minimum Gasteiger partial charge on any atom is -0.322 e. The van der Waals surface area contributed by atoms with E-state index >= 15 is 0 Å². The molecular weight excluding hydrogens is 428 g/mol. The van der Waals surface area contributed by atoms with Crippen molar-refractivity contribution in [3.63, 3.8) is 0 Å². The number of halogens is 2. The number of carbonyl (C=O) groups excluding carboxylic acids is 1. The Bertz CT molecular complexity index is 895. The van der Waals surface area contributed by atoms with E-state index < -0.39 is 15.9 Å². The molecule has 8 heteroatoms. The quantitative estimate of drug-likeness (QED) is 0.772. The maximum atomic E-state index is 12.7. The zero-order chi connectivity index (χ0) is 18.0. The van der Waals surface area contributed by atoms with Gasteiger partial charge < -0.3 is 5.32 Å². The van der Waals surface area contributed by atoms with Crippen LogP contribution in [0.1, 0.15) is 23.2 Å². The summed E-state index contributed by atoms with van der Waals surface area (Å²) in [5.74, 6) is -0.453. The highest BCUT2D eigenvalue weighted by Crippen LogP contribution is 2.26. The number of benzene rings is 2. The minimum absolute atomic E-state index is 0.0831. The fraction of sp³-hybridized carbons (Fsp3) is 0.235. The number of amides is 1. The van der Waals surface area contributed by atoms with Crippen molar-refractivity contribution in [1.29, 1.82) is 0 Å². The van der Waals surface area contributed by atoms with E-state index in [0.717, 1.165) is 17.3 Å². The molecule has 1 fully saturated rings. The van der Waals surface area contributed by atoms with Crippen LogP contribution in [-0.2, 0) is 10.0 Å². The molecule has 25 heavy (non-hydrogen) atoms. The van der Waals surface area contributed by atoms with Gasteiger partial charge >= 0.3 is 0 Å². The van der Waals surface area contributed by atoms with Gasteiger partial charge in [-0.25, -0.2) is 8.42 Å². The van der Waals surface area contributed by atoms with Gasteiger partial charge in [0.05, 0.1) is 15.5 Å². The monoisotopic (exact) mass is 442 g/mol. The van der Waals surface area contributed by atoms with Gasteiger partial charge in [-0.2, -0.15) is 4.31 Å². The largest absolute Gasteiger partial charge is 0.322 e. The molecule has 0 radical (unpaired) electrons. The summed E-state index contributed by atoms with van der Waals surface area (Å²) >= 11 is 9.44. The Balaban J connectivity index is 1.88. The van der Waals surface area contributed by atoms with E-state index in [-0.39, 0.29) is 15.5 Å². The molecule has 0 saturated carbocycles. The van der Waals surface area contributed by atoms with Crippen molar-refractivity contribution in [3.05, 3.63) is 57.5 Å². The first-order valence-electron chi connectivity index (χ1n) is 7.74. The standard InChI is InChI=1S/C17H16BrClN2O3S/c18-12-3-5-13(6-4-12)20-17(22)15-11-14(7-8-16(15)19)25(23,24)21-9-1-2-10-21/h3-8,11H,1-2,9-10H2,(H,20,22). The van der Waals surface area contributed by atoms with E-state index in [0.29, 0.717) is 18.8 Å². The van der Waals surface area contributed by atoms with Crippen LogP contribution < -0.4 is 5.32 Å². The van der Waals surface area contributed by atoms with E-state index in [4.69, 9.17) is 11.6 Å². The van der Waals surface area contributed by atoms with E-state index in [1.54, 1.807) is 24.3 Å². The van der Waals surface area contributed by atoms with E-state index in [1.165, 1.54) is 22.5 Å². The van der Waals surface area contributed by atoms with Crippen molar-refractivity contribution in [2.75, 3.05) is 18.4 Å². The Morgan fingerprint density at radius 1 is 1.08 bits per heavy atom. The van der Waals surface area contributed by atoms with Crippen LogP contribution in [0.25, 0.3) is 0 Å². The summed E-state index contributed by atoms with van der Waals surface area (Å²) in [4.78, 5) is 12.6. The predicted octanol–water partition coefficient (Wildman–Crippen LogP) is 4.14. The first-order chi connectivity index (χ1) is 11.9. The predicted molar refractivity (Wildman–Crippen MR) is 102 cm³/mol. The Hall–Kier alpha value is -1.41. The molecule has 1 aliphatic heterocycles. The van der Waals surface area contributed by atoms with Gasteiger partial charge in [0.25, 0.3) is 5.91 Å². The topological polar surface area (TPSA) is 66.5 Å². The lowest BCUT2D eigenvalue weighted by Crippen LogP contribution is -2.28. The molecule has 5 nitrogen and oxygen atoms in total. The van der Waals surface area contributed by atoms with E-state index in [9.17, 15) is 13.2 Å². The Morgan fingerprint density at radius 3 is 2.36 bits per heavy atom. The number of anilines is 1. The summed E-state index contributed by atoms with van der Waals surface area (Å²) in [6, 6.07) is 11.3. The molecule has 2 aromatic carbocycles. The third kappa shape index (κ3) is 4.06. The maximum Gasteiger partial charge on any atom is 0.257 e. The summed E-state index contributed by atoms with van der Waals surface area (Å²) in [5.41, 5.74) is 0.724. The summed E-state index contributed by atoms with van der Waals surface area (Å²) in [6.07, 6.45) is 1.70. The summed E-state index contributed by atoms with van der Waals surface area (Å²) < 4.78 is 27.7. The maximum absolute atomic E-state index is 12.7. The molecule has 2 aromatic rings. The SMILES string of the molecule is O=C(Nc1ccc(Br)cc1)c1cc(S(=O)(=O)N2CCCC2)ccc1Cl. The van der Waals surface area contributed by atoms with Gasteiger partial charge in [0, 0.05) is 23.2 Å². The molecule has 1 N–H and O–H groups in total. The summed E-state index contributed by atoms with van der Waals surface area (Å²) in [6.45, 7) is 1.01. The Kier molecular flexibility index (Phi) is 5.48. The average molecular weight is 444 g/mol. The third-order valence-electron chi connectivity index (χ3n) is 3.99. The molecule has 0 atom stereocenters. The summed E-state index contributed by atoms with van der Waals surface area (Å²) in [7, 11) is -3.60. The number of nitrogens with one attached hydrogen (secondary N) is 1. The average Bonchev–Trinajstić information content (AvgIpc) is 3.12. The molecule has 0 aromatic heterocycles. The molecule has 0 spiro atoms. The summed E-state index contributed by atoms with van der Waals surface area (Å²) in [5, 5.41) is 2.93. The van der Waals surface area contributed by atoms with Crippen LogP contribution in [0.5, 0.6) is 0 Å². The number of hydrogen-bond acceptors (Lipinski definition) is 3. The lowest BCUT2D eigenvalue weighted by molar-refractivity contribution is 0.102. The van der Waals surface area contributed by atoms with Gasteiger partial charge in [0.2, 0.25) is 10.0 Å². The highest BCUT2D eigenvalue weighted by Gasteiger charge is 2.28. The molecule has 1 saturated heterocycles. The zero-order valence-electron chi connectivity index (χ0n) is 13.2. The van der Waals surface area contributed by atoms with E-state index in [1.807, 2.05) is 0 Å². The van der Waals surface area contributed by atoms with Crippen LogP contribution in [0.4, 0.5) is 5.69 Å². The van der Waals surface area contributed by atoms with Crippen LogP contribution in [0.3, 0.4) is 0 Å². The number of rotatable bonds is 4. The highest BCUT2D eigenvalue weighted by atomic mass is 79.9. The molecule has 0 bridgehead atoms. The van der Waals surface area contributed by atoms with Crippen LogP contribution >= 0.6 is 27.5 Å². The smallest absolute Gasteiger partial charge is 0.257 e. The van der Waals surface area contributed by atoms with Crippen molar-refractivity contribution in [2.45, 2.75) is 17.7 Å². The van der Waals surface area contributed by atoms with Crippen molar-refractivity contribution >= 4 is 49.1 Å². The Labute approximate surface area is 160 Å². The van der Waals surface area contributed by atoms with Gasteiger partial charge in [0.1, 0.15) is 0 Å². The van der Waals surface area contributed by atoms with Crippen molar-refractivity contribution < 1.29 is 13.2 Å². The molecule has 1 heterocycles. The Morgan fingerprint density at radius 2 is 1.72 bits per heavy atom. The molecule has 132 valence electrons. The van der Waals surface area contributed by atoms with Gasteiger partial charge in [-0.15, -0.1) is 0 Å². The molecule has 0 unspecified atom stereocenters. The van der Waals surface area contributed by atoms with Crippen molar-refractivity contribution in [2.24, 2.45) is 0 Å². The normalized spacial score (nSPS) is 15.3. The number of hydrogen-bond donors (Lipinski definition) is 1. The number of nitrogens with zero attached hydrogens (tertiary/aromatic N) is 1. The molecule has 1 amide bonds. The lowest BCUT2D eigenvalue weighted by atomic mass is 10.2. The van der Waals surface area contributed by atoms with Crippen LogP contribution in [0.2, 0.25) is 5.02 Å². The third-order valence-corrected chi connectivity index (χ3v) is 6.74. The second-order valence-corrected chi connectivity index (χ2v) is 8.97. The van der Waals surface area contributed by atoms with Crippen molar-refractivity contribution in [3.8, 4) is 0 Å². The van der Waals surface area contributed by atoms with E-state index in [2.05, 4.69) is 21.2 Å². The molecule has 1 aliphatic rings. The molecule has 0 aliphatic carbocycles. The van der Waals surface area contributed by atoms with Crippen LogP contribution in [0, 0.1) is 0 Å². The zero-order valence-corrected chi connectivity index (χ0v) is 16.4.